The predicted octanol–water partition coefficient (Wildman–Crippen LogP) is 5.40. The number of nitrogens with one attached hydrogen (secondary N) is 1. The van der Waals surface area contributed by atoms with Gasteiger partial charge in [0.25, 0.3) is 0 Å². The molecule has 3 aromatic rings. The molecule has 31 heavy (non-hydrogen) atoms. The molecule has 0 atom stereocenters. The number of fused-ring (bicyclic) bond motifs is 1. The molecule has 5 rings (SSSR count). The summed E-state index contributed by atoms with van der Waals surface area (Å²) in [6, 6.07) is 8.43. The minimum Gasteiger partial charge on any atom is -0.328 e. The zero-order chi connectivity index (χ0) is 21.4. The summed E-state index contributed by atoms with van der Waals surface area (Å²) < 4.78 is 43.0. The number of anilines is 1. The maximum Gasteiger partial charge on any atom is 0.248 e. The van der Waals surface area contributed by atoms with Crippen molar-refractivity contribution in [1.82, 2.24) is 14.8 Å². The van der Waals surface area contributed by atoms with E-state index in [-0.39, 0.29) is 24.7 Å². The van der Waals surface area contributed by atoms with Crippen molar-refractivity contribution < 1.29 is 13.2 Å². The Kier molecular flexibility index (Phi) is 5.00. The zero-order valence-corrected chi connectivity index (χ0v) is 16.9. The van der Waals surface area contributed by atoms with E-state index >= 15 is 0 Å². The van der Waals surface area contributed by atoms with Crippen molar-refractivity contribution in [3.8, 4) is 11.1 Å². The Morgan fingerprint density at radius 3 is 2.74 bits per heavy atom. The Morgan fingerprint density at radius 2 is 1.97 bits per heavy atom. The Morgan fingerprint density at radius 1 is 1.13 bits per heavy atom. The fourth-order valence-corrected chi connectivity index (χ4v) is 4.35. The van der Waals surface area contributed by atoms with Gasteiger partial charge in [-0.2, -0.15) is 5.10 Å². The van der Waals surface area contributed by atoms with Crippen LogP contribution < -0.4 is 5.32 Å². The van der Waals surface area contributed by atoms with E-state index in [0.717, 1.165) is 28.1 Å². The molecular formula is C23H22F3N5. The van der Waals surface area contributed by atoms with E-state index in [0.29, 0.717) is 31.6 Å². The minimum absolute atomic E-state index is 0.0599. The van der Waals surface area contributed by atoms with Crippen LogP contribution in [0.4, 0.5) is 19.0 Å². The number of nitrogens with zero attached hydrogens (tertiary/aromatic N) is 4. The van der Waals surface area contributed by atoms with Gasteiger partial charge in [-0.15, -0.1) is 0 Å². The second-order valence-electron chi connectivity index (χ2n) is 8.16. The first-order valence-corrected chi connectivity index (χ1v) is 10.4. The van der Waals surface area contributed by atoms with Gasteiger partial charge >= 0.3 is 0 Å². The minimum atomic E-state index is -2.58. The molecule has 1 aromatic carbocycles. The lowest BCUT2D eigenvalue weighted by molar-refractivity contribution is -0.0448. The molecule has 8 heteroatoms. The average molecular weight is 425 g/mol. The highest BCUT2D eigenvalue weighted by Gasteiger charge is 2.37. The molecule has 1 fully saturated rings. The summed E-state index contributed by atoms with van der Waals surface area (Å²) in [6.07, 6.45) is 6.15. The number of benzene rings is 1. The van der Waals surface area contributed by atoms with Crippen LogP contribution in [0.3, 0.4) is 0 Å². The SMILES string of the molecule is Fc1ccc(-c2cccnc2)c(CC2=NCc3cnn(C4CCC(F)(F)CC4)c3N2)c1. The fraction of sp³-hybridized carbons (Fsp3) is 0.348. The van der Waals surface area contributed by atoms with Gasteiger partial charge in [0.2, 0.25) is 5.92 Å². The highest BCUT2D eigenvalue weighted by Crippen LogP contribution is 2.40. The third kappa shape index (κ3) is 4.06. The molecule has 5 nitrogen and oxygen atoms in total. The number of hydrogen-bond donors (Lipinski definition) is 1. The van der Waals surface area contributed by atoms with Crippen LogP contribution in [0.5, 0.6) is 0 Å². The summed E-state index contributed by atoms with van der Waals surface area (Å²) in [5, 5.41) is 7.79. The lowest BCUT2D eigenvalue weighted by Crippen LogP contribution is -2.29. The number of halogens is 3. The fourth-order valence-electron chi connectivity index (χ4n) is 4.35. The summed E-state index contributed by atoms with van der Waals surface area (Å²) in [4.78, 5) is 8.77. The third-order valence-corrected chi connectivity index (χ3v) is 6.00. The van der Waals surface area contributed by atoms with Gasteiger partial charge in [-0.1, -0.05) is 12.1 Å². The van der Waals surface area contributed by atoms with Gasteiger partial charge in [-0.25, -0.2) is 17.9 Å². The molecule has 0 saturated heterocycles. The summed E-state index contributed by atoms with van der Waals surface area (Å²) in [7, 11) is 0. The number of aliphatic imine (C=N–C) groups is 1. The number of aromatic nitrogens is 3. The summed E-state index contributed by atoms with van der Waals surface area (Å²) in [5.41, 5.74) is 3.54. The van der Waals surface area contributed by atoms with E-state index in [9.17, 15) is 13.2 Å². The molecule has 1 N–H and O–H groups in total. The third-order valence-electron chi connectivity index (χ3n) is 6.00. The average Bonchev–Trinajstić information content (AvgIpc) is 3.18. The van der Waals surface area contributed by atoms with Crippen molar-refractivity contribution >= 4 is 11.7 Å². The largest absolute Gasteiger partial charge is 0.328 e. The monoisotopic (exact) mass is 425 g/mol. The maximum atomic E-state index is 14.0. The molecule has 3 heterocycles. The Bertz CT molecular complexity index is 1110. The summed E-state index contributed by atoms with van der Waals surface area (Å²) in [6.45, 7) is 0.456. The van der Waals surface area contributed by atoms with E-state index in [2.05, 4.69) is 20.4 Å². The summed E-state index contributed by atoms with van der Waals surface area (Å²) >= 11 is 0. The number of pyridine rings is 1. The molecule has 0 bridgehead atoms. The molecule has 1 saturated carbocycles. The smallest absolute Gasteiger partial charge is 0.248 e. The van der Waals surface area contributed by atoms with E-state index in [4.69, 9.17) is 0 Å². The molecule has 2 aliphatic rings. The predicted molar refractivity (Wildman–Crippen MR) is 113 cm³/mol. The van der Waals surface area contributed by atoms with Crippen LogP contribution in [0.15, 0.2) is 53.9 Å². The second-order valence-corrected chi connectivity index (χ2v) is 8.16. The highest BCUT2D eigenvalue weighted by molar-refractivity contribution is 5.99. The van der Waals surface area contributed by atoms with Crippen molar-refractivity contribution in [2.75, 3.05) is 5.32 Å². The molecule has 0 amide bonds. The lowest BCUT2D eigenvalue weighted by atomic mass is 9.92. The second kappa shape index (κ2) is 7.83. The first-order chi connectivity index (χ1) is 15.0. The lowest BCUT2D eigenvalue weighted by Gasteiger charge is -2.30. The standard InChI is InChI=1S/C23H22F3N5/c24-18-3-4-20(15-2-1-9-27-12-15)16(10-18)11-21-28-13-17-14-29-31(22(17)30-21)19-5-7-23(25,26)8-6-19/h1-4,9-10,12,14,19H,5-8,11,13H2,(H,28,30). The number of alkyl halides is 2. The van der Waals surface area contributed by atoms with Crippen LogP contribution in [-0.2, 0) is 13.0 Å². The van der Waals surface area contributed by atoms with Crippen molar-refractivity contribution in [2.45, 2.75) is 50.6 Å². The van der Waals surface area contributed by atoms with E-state index in [1.807, 2.05) is 16.8 Å². The first kappa shape index (κ1) is 19.8. The Hall–Kier alpha value is -3.16. The molecule has 0 spiro atoms. The van der Waals surface area contributed by atoms with Crippen LogP contribution in [-0.4, -0.2) is 26.5 Å². The quantitative estimate of drug-likeness (QED) is 0.609. The molecule has 0 radical (unpaired) electrons. The molecule has 2 aromatic heterocycles. The van der Waals surface area contributed by atoms with Crippen LogP contribution in [0.25, 0.3) is 11.1 Å². The molecule has 160 valence electrons. The summed E-state index contributed by atoms with van der Waals surface area (Å²) in [5.74, 6) is -1.39. The van der Waals surface area contributed by atoms with Gasteiger partial charge in [0.05, 0.1) is 18.8 Å². The molecular weight excluding hydrogens is 403 g/mol. The van der Waals surface area contributed by atoms with Crippen LogP contribution in [0, 0.1) is 5.82 Å². The Labute approximate surface area is 178 Å². The molecule has 1 aliphatic heterocycles. The number of rotatable bonds is 4. The van der Waals surface area contributed by atoms with Crippen LogP contribution in [0.2, 0.25) is 0 Å². The highest BCUT2D eigenvalue weighted by atomic mass is 19.3. The van der Waals surface area contributed by atoms with Gasteiger partial charge in [0.15, 0.2) is 0 Å². The van der Waals surface area contributed by atoms with Gasteiger partial charge in [-0.3, -0.25) is 9.98 Å². The van der Waals surface area contributed by atoms with Gasteiger partial charge in [-0.05, 0) is 42.2 Å². The first-order valence-electron chi connectivity index (χ1n) is 10.4. The van der Waals surface area contributed by atoms with Crippen molar-refractivity contribution in [3.63, 3.8) is 0 Å². The van der Waals surface area contributed by atoms with E-state index in [1.54, 1.807) is 24.7 Å². The van der Waals surface area contributed by atoms with Gasteiger partial charge in [0.1, 0.15) is 17.5 Å². The molecule has 1 aliphatic carbocycles. The van der Waals surface area contributed by atoms with E-state index in [1.165, 1.54) is 12.1 Å². The van der Waals surface area contributed by atoms with Gasteiger partial charge in [0, 0.05) is 42.8 Å². The zero-order valence-electron chi connectivity index (χ0n) is 16.9. The Balaban J connectivity index is 1.38. The van der Waals surface area contributed by atoms with Crippen molar-refractivity contribution in [2.24, 2.45) is 4.99 Å². The maximum absolute atomic E-state index is 14.0. The van der Waals surface area contributed by atoms with Crippen LogP contribution >= 0.6 is 0 Å². The van der Waals surface area contributed by atoms with Crippen molar-refractivity contribution in [3.05, 3.63) is 65.9 Å². The molecule has 0 unspecified atom stereocenters. The van der Waals surface area contributed by atoms with E-state index < -0.39 is 5.92 Å². The van der Waals surface area contributed by atoms with Crippen LogP contribution in [0.1, 0.15) is 42.9 Å². The van der Waals surface area contributed by atoms with Gasteiger partial charge < -0.3 is 5.32 Å². The van der Waals surface area contributed by atoms with Crippen molar-refractivity contribution in [1.29, 1.82) is 0 Å². The topological polar surface area (TPSA) is 55.1 Å². The number of amidine groups is 1. The number of hydrogen-bond acceptors (Lipinski definition) is 4. The normalized spacial score (nSPS) is 18.2.